The maximum atomic E-state index is 11.9. The molecule has 0 radical (unpaired) electrons. The number of aryl methyl sites for hydroxylation is 1. The average molecular weight is 281 g/mol. The highest BCUT2D eigenvalue weighted by atomic mass is 35.5. The van der Waals surface area contributed by atoms with E-state index in [1.54, 1.807) is 0 Å². The molecule has 1 aliphatic heterocycles. The number of carbonyl (C=O) groups is 1. The molecule has 104 valence electrons. The summed E-state index contributed by atoms with van der Waals surface area (Å²) in [5.41, 5.74) is 3.49. The van der Waals surface area contributed by atoms with Crippen LogP contribution >= 0.6 is 12.4 Å². The number of fused-ring (bicyclic) bond motifs is 1. The topological polar surface area (TPSA) is 41.1 Å². The number of rotatable bonds is 3. The maximum Gasteiger partial charge on any atom is 0.224 e. The van der Waals surface area contributed by atoms with Crippen LogP contribution in [0.1, 0.15) is 37.7 Å². The van der Waals surface area contributed by atoms with Gasteiger partial charge in [0.15, 0.2) is 0 Å². The van der Waals surface area contributed by atoms with Gasteiger partial charge in [0.25, 0.3) is 0 Å². The van der Waals surface area contributed by atoms with E-state index in [0.29, 0.717) is 12.3 Å². The summed E-state index contributed by atoms with van der Waals surface area (Å²) in [7, 11) is 0. The normalized spacial score (nSPS) is 17.5. The summed E-state index contributed by atoms with van der Waals surface area (Å²) in [6.45, 7) is 1.06. The van der Waals surface area contributed by atoms with E-state index in [1.165, 1.54) is 36.9 Å². The number of benzene rings is 1. The zero-order valence-corrected chi connectivity index (χ0v) is 11.9. The molecule has 0 atom stereocenters. The molecule has 1 fully saturated rings. The standard InChI is InChI=1S/C15H20N2O.ClH/c18-15(9-11-3-1-4-11)17-13-6-7-14-12(10-13)5-2-8-16-14;/h6-7,10-11,16H,1-5,8-9H2,(H,17,18);1H. The van der Waals surface area contributed by atoms with E-state index in [0.717, 1.165) is 18.7 Å². The largest absolute Gasteiger partial charge is 0.385 e. The van der Waals surface area contributed by atoms with Crippen molar-refractivity contribution in [3.05, 3.63) is 23.8 Å². The van der Waals surface area contributed by atoms with E-state index < -0.39 is 0 Å². The molecule has 0 bridgehead atoms. The molecule has 2 aliphatic rings. The number of halogens is 1. The third-order valence-electron chi connectivity index (χ3n) is 4.03. The molecule has 1 heterocycles. The zero-order chi connectivity index (χ0) is 12.4. The first-order valence-corrected chi connectivity index (χ1v) is 6.98. The Morgan fingerprint density at radius 3 is 2.89 bits per heavy atom. The predicted molar refractivity (Wildman–Crippen MR) is 81.1 cm³/mol. The van der Waals surface area contributed by atoms with Crippen molar-refractivity contribution in [1.29, 1.82) is 0 Å². The molecule has 1 aromatic carbocycles. The highest BCUT2D eigenvalue weighted by molar-refractivity contribution is 5.91. The number of carbonyl (C=O) groups excluding carboxylic acids is 1. The number of nitrogens with one attached hydrogen (secondary N) is 2. The minimum atomic E-state index is 0. The van der Waals surface area contributed by atoms with Crippen LogP contribution in [0.3, 0.4) is 0 Å². The summed E-state index contributed by atoms with van der Waals surface area (Å²) < 4.78 is 0. The molecular weight excluding hydrogens is 260 g/mol. The van der Waals surface area contributed by atoms with Gasteiger partial charge in [0.1, 0.15) is 0 Å². The van der Waals surface area contributed by atoms with E-state index >= 15 is 0 Å². The van der Waals surface area contributed by atoms with Gasteiger partial charge >= 0.3 is 0 Å². The van der Waals surface area contributed by atoms with Crippen molar-refractivity contribution in [2.75, 3.05) is 17.2 Å². The summed E-state index contributed by atoms with van der Waals surface area (Å²) in [4.78, 5) is 11.9. The lowest BCUT2D eigenvalue weighted by Crippen LogP contribution is -2.21. The van der Waals surface area contributed by atoms with Crippen molar-refractivity contribution in [1.82, 2.24) is 0 Å². The van der Waals surface area contributed by atoms with E-state index in [9.17, 15) is 4.79 Å². The number of anilines is 2. The molecule has 0 aromatic heterocycles. The van der Waals surface area contributed by atoms with E-state index in [4.69, 9.17) is 0 Å². The fraction of sp³-hybridized carbons (Fsp3) is 0.533. The lowest BCUT2D eigenvalue weighted by Gasteiger charge is -2.24. The molecule has 3 rings (SSSR count). The first kappa shape index (κ1) is 14.2. The summed E-state index contributed by atoms with van der Waals surface area (Å²) in [5.74, 6) is 0.799. The van der Waals surface area contributed by atoms with Gasteiger partial charge < -0.3 is 10.6 Å². The van der Waals surface area contributed by atoms with Gasteiger partial charge in [0.05, 0.1) is 0 Å². The Morgan fingerprint density at radius 1 is 1.32 bits per heavy atom. The second-order valence-electron chi connectivity index (χ2n) is 5.45. The third kappa shape index (κ3) is 3.41. The Labute approximate surface area is 120 Å². The highest BCUT2D eigenvalue weighted by Gasteiger charge is 2.20. The monoisotopic (exact) mass is 280 g/mol. The predicted octanol–water partition coefficient (Wildman–Crippen LogP) is 3.60. The molecule has 4 heteroatoms. The van der Waals surface area contributed by atoms with Gasteiger partial charge in [-0.25, -0.2) is 0 Å². The summed E-state index contributed by atoms with van der Waals surface area (Å²) in [6, 6.07) is 6.18. The van der Waals surface area contributed by atoms with Crippen molar-refractivity contribution in [3.8, 4) is 0 Å². The minimum absolute atomic E-state index is 0. The SMILES string of the molecule is Cl.O=C(CC1CCC1)Nc1ccc2c(c1)CCCN2. The van der Waals surface area contributed by atoms with E-state index in [-0.39, 0.29) is 18.3 Å². The van der Waals surface area contributed by atoms with Gasteiger partial charge in [-0.1, -0.05) is 6.42 Å². The fourth-order valence-corrected chi connectivity index (χ4v) is 2.72. The Hall–Kier alpha value is -1.22. The Bertz CT molecular complexity index is 457. The maximum absolute atomic E-state index is 11.9. The quantitative estimate of drug-likeness (QED) is 0.888. The first-order valence-electron chi connectivity index (χ1n) is 6.98. The second-order valence-corrected chi connectivity index (χ2v) is 5.45. The van der Waals surface area contributed by atoms with E-state index in [1.807, 2.05) is 6.07 Å². The molecule has 1 aliphatic carbocycles. The molecule has 1 amide bonds. The molecule has 1 aromatic rings. The van der Waals surface area contributed by atoms with Crippen LogP contribution in [-0.4, -0.2) is 12.5 Å². The van der Waals surface area contributed by atoms with Gasteiger partial charge in [-0.2, -0.15) is 0 Å². The van der Waals surface area contributed by atoms with Gasteiger partial charge in [0.2, 0.25) is 5.91 Å². The van der Waals surface area contributed by atoms with Crippen LogP contribution in [-0.2, 0) is 11.2 Å². The third-order valence-corrected chi connectivity index (χ3v) is 4.03. The smallest absolute Gasteiger partial charge is 0.224 e. The summed E-state index contributed by atoms with van der Waals surface area (Å²) in [6.07, 6.45) is 6.71. The lowest BCUT2D eigenvalue weighted by molar-refractivity contribution is -0.117. The zero-order valence-electron chi connectivity index (χ0n) is 11.1. The van der Waals surface area contributed by atoms with Crippen LogP contribution in [0.5, 0.6) is 0 Å². The molecule has 0 spiro atoms. The number of amides is 1. The van der Waals surface area contributed by atoms with Gasteiger partial charge in [-0.05, 0) is 55.4 Å². The Morgan fingerprint density at radius 2 is 2.16 bits per heavy atom. The molecule has 0 unspecified atom stereocenters. The lowest BCUT2D eigenvalue weighted by atomic mass is 9.83. The van der Waals surface area contributed by atoms with Crippen molar-refractivity contribution >= 4 is 29.7 Å². The second kappa shape index (κ2) is 6.29. The first-order chi connectivity index (χ1) is 8.81. The van der Waals surface area contributed by atoms with Gasteiger partial charge in [0, 0.05) is 24.3 Å². The van der Waals surface area contributed by atoms with Crippen molar-refractivity contribution < 1.29 is 4.79 Å². The average Bonchev–Trinajstić information content (AvgIpc) is 2.34. The molecule has 1 saturated carbocycles. The highest BCUT2D eigenvalue weighted by Crippen LogP contribution is 2.30. The van der Waals surface area contributed by atoms with Crippen LogP contribution < -0.4 is 10.6 Å². The molecule has 2 N–H and O–H groups in total. The summed E-state index contributed by atoms with van der Waals surface area (Å²) >= 11 is 0. The summed E-state index contributed by atoms with van der Waals surface area (Å²) in [5, 5.41) is 6.41. The molecular formula is C15H21ClN2O. The molecule has 0 saturated heterocycles. The van der Waals surface area contributed by atoms with Crippen molar-refractivity contribution in [3.63, 3.8) is 0 Å². The van der Waals surface area contributed by atoms with Crippen LogP contribution in [0, 0.1) is 5.92 Å². The number of hydrogen-bond acceptors (Lipinski definition) is 2. The molecule has 3 nitrogen and oxygen atoms in total. The van der Waals surface area contributed by atoms with E-state index in [2.05, 4.69) is 22.8 Å². The number of hydrogen-bond donors (Lipinski definition) is 2. The van der Waals surface area contributed by atoms with Crippen LogP contribution in [0.25, 0.3) is 0 Å². The van der Waals surface area contributed by atoms with Crippen LogP contribution in [0.2, 0.25) is 0 Å². The van der Waals surface area contributed by atoms with Gasteiger partial charge in [-0.15, -0.1) is 12.4 Å². The van der Waals surface area contributed by atoms with Crippen molar-refractivity contribution in [2.24, 2.45) is 5.92 Å². The van der Waals surface area contributed by atoms with Crippen molar-refractivity contribution in [2.45, 2.75) is 38.5 Å². The Kier molecular flexibility index (Phi) is 4.70. The van der Waals surface area contributed by atoms with Gasteiger partial charge in [-0.3, -0.25) is 4.79 Å². The Balaban J connectivity index is 0.00000133. The minimum Gasteiger partial charge on any atom is -0.385 e. The fourth-order valence-electron chi connectivity index (χ4n) is 2.72. The molecule has 19 heavy (non-hydrogen) atoms. The van der Waals surface area contributed by atoms with Crippen LogP contribution in [0.4, 0.5) is 11.4 Å². The van der Waals surface area contributed by atoms with Crippen LogP contribution in [0.15, 0.2) is 18.2 Å².